The molecular formula is C16H22N2O4. The number of Topliss-reactive ketones (excluding diaryl/α,β-unsaturated/α-hetero) is 1. The van der Waals surface area contributed by atoms with Crippen LogP contribution in [0.3, 0.4) is 0 Å². The Morgan fingerprint density at radius 1 is 1.32 bits per heavy atom. The van der Waals surface area contributed by atoms with Crippen LogP contribution in [0.2, 0.25) is 0 Å². The summed E-state index contributed by atoms with van der Waals surface area (Å²) < 4.78 is 0. The second-order valence-corrected chi connectivity index (χ2v) is 5.54. The van der Waals surface area contributed by atoms with Crippen molar-refractivity contribution in [3.63, 3.8) is 0 Å². The van der Waals surface area contributed by atoms with Crippen LogP contribution in [0.25, 0.3) is 0 Å². The zero-order chi connectivity index (χ0) is 16.9. The smallest absolute Gasteiger partial charge is 0.269 e. The molecule has 0 radical (unpaired) electrons. The van der Waals surface area contributed by atoms with E-state index in [1.165, 1.54) is 24.0 Å². The first-order chi connectivity index (χ1) is 10.3. The molecule has 0 aromatic heterocycles. The van der Waals surface area contributed by atoms with Gasteiger partial charge in [0.25, 0.3) is 5.69 Å². The number of ketones is 1. The molecule has 22 heavy (non-hydrogen) atoms. The summed E-state index contributed by atoms with van der Waals surface area (Å²) in [6, 6.07) is 5.87. The fourth-order valence-electron chi connectivity index (χ4n) is 2.27. The molecular weight excluding hydrogens is 284 g/mol. The van der Waals surface area contributed by atoms with Crippen LogP contribution >= 0.6 is 0 Å². The lowest BCUT2D eigenvalue weighted by molar-refractivity contribution is -0.385. The zero-order valence-corrected chi connectivity index (χ0v) is 13.4. The highest BCUT2D eigenvalue weighted by atomic mass is 16.6. The molecule has 0 aliphatic carbocycles. The van der Waals surface area contributed by atoms with Crippen molar-refractivity contribution in [2.24, 2.45) is 5.92 Å². The van der Waals surface area contributed by atoms with Gasteiger partial charge in [0, 0.05) is 25.0 Å². The standard InChI is InChI=1S/C16H22N2O4/c1-5-15(13-7-6-8-14(9-13)18(21)22)17(12(4)19)10-16(20)11(2)3/h6-9,11,15H,5,10H2,1-4H3. The maximum Gasteiger partial charge on any atom is 0.269 e. The number of hydrogen-bond donors (Lipinski definition) is 0. The summed E-state index contributed by atoms with van der Waals surface area (Å²) in [6.45, 7) is 6.89. The molecule has 0 heterocycles. The highest BCUT2D eigenvalue weighted by molar-refractivity contribution is 5.86. The van der Waals surface area contributed by atoms with E-state index >= 15 is 0 Å². The van der Waals surface area contributed by atoms with E-state index < -0.39 is 4.92 Å². The van der Waals surface area contributed by atoms with E-state index in [-0.39, 0.29) is 35.9 Å². The van der Waals surface area contributed by atoms with Crippen LogP contribution in [0.4, 0.5) is 5.69 Å². The molecule has 0 saturated heterocycles. The average Bonchev–Trinajstić information content (AvgIpc) is 2.46. The molecule has 1 rings (SSSR count). The number of amides is 1. The monoisotopic (exact) mass is 306 g/mol. The van der Waals surface area contributed by atoms with Crippen molar-refractivity contribution < 1.29 is 14.5 Å². The van der Waals surface area contributed by atoms with E-state index in [0.717, 1.165) is 0 Å². The van der Waals surface area contributed by atoms with Gasteiger partial charge in [-0.3, -0.25) is 19.7 Å². The second kappa shape index (κ2) is 7.68. The third-order valence-electron chi connectivity index (χ3n) is 3.60. The quantitative estimate of drug-likeness (QED) is 0.572. The minimum absolute atomic E-state index is 0.0189. The molecule has 6 nitrogen and oxygen atoms in total. The fraction of sp³-hybridized carbons (Fsp3) is 0.500. The Balaban J connectivity index is 3.14. The normalized spacial score (nSPS) is 12.0. The molecule has 0 saturated carbocycles. The summed E-state index contributed by atoms with van der Waals surface area (Å²) in [7, 11) is 0. The van der Waals surface area contributed by atoms with E-state index in [1.807, 2.05) is 6.92 Å². The highest BCUT2D eigenvalue weighted by Gasteiger charge is 2.25. The maximum atomic E-state index is 12.0. The number of nitro groups is 1. The lowest BCUT2D eigenvalue weighted by atomic mass is 10.0. The van der Waals surface area contributed by atoms with Gasteiger partial charge in [0.1, 0.15) is 0 Å². The van der Waals surface area contributed by atoms with Crippen molar-refractivity contribution in [3.05, 3.63) is 39.9 Å². The van der Waals surface area contributed by atoms with Crippen molar-refractivity contribution in [2.75, 3.05) is 6.54 Å². The molecule has 0 bridgehead atoms. The van der Waals surface area contributed by atoms with Gasteiger partial charge in [-0.15, -0.1) is 0 Å². The van der Waals surface area contributed by atoms with Crippen LogP contribution in [0.1, 0.15) is 45.7 Å². The Kier molecular flexibility index (Phi) is 6.22. The molecule has 0 fully saturated rings. The van der Waals surface area contributed by atoms with Crippen LogP contribution in [0, 0.1) is 16.0 Å². The molecule has 0 spiro atoms. The second-order valence-electron chi connectivity index (χ2n) is 5.54. The number of carbonyl (C=O) groups excluding carboxylic acids is 2. The topological polar surface area (TPSA) is 80.5 Å². The van der Waals surface area contributed by atoms with Crippen LogP contribution < -0.4 is 0 Å². The van der Waals surface area contributed by atoms with Crippen LogP contribution in [-0.4, -0.2) is 28.1 Å². The first kappa shape index (κ1) is 17.8. The van der Waals surface area contributed by atoms with Gasteiger partial charge in [-0.1, -0.05) is 32.9 Å². The molecule has 120 valence electrons. The Morgan fingerprint density at radius 2 is 1.95 bits per heavy atom. The largest absolute Gasteiger partial charge is 0.329 e. The average molecular weight is 306 g/mol. The van der Waals surface area contributed by atoms with Crippen LogP contribution in [0.5, 0.6) is 0 Å². The SMILES string of the molecule is CCC(c1cccc([N+](=O)[O-])c1)N(CC(=O)C(C)C)C(C)=O. The van der Waals surface area contributed by atoms with E-state index in [1.54, 1.807) is 26.0 Å². The van der Waals surface area contributed by atoms with Gasteiger partial charge in [-0.25, -0.2) is 0 Å². The summed E-state index contributed by atoms with van der Waals surface area (Å²) in [5.41, 5.74) is 0.651. The zero-order valence-electron chi connectivity index (χ0n) is 13.4. The van der Waals surface area contributed by atoms with Crippen molar-refractivity contribution >= 4 is 17.4 Å². The lowest BCUT2D eigenvalue weighted by Gasteiger charge is -2.30. The van der Waals surface area contributed by atoms with Crippen molar-refractivity contribution in [3.8, 4) is 0 Å². The summed E-state index contributed by atoms with van der Waals surface area (Å²) >= 11 is 0. The van der Waals surface area contributed by atoms with Gasteiger partial charge in [0.2, 0.25) is 5.91 Å². The van der Waals surface area contributed by atoms with E-state index in [0.29, 0.717) is 12.0 Å². The minimum atomic E-state index is -0.465. The summed E-state index contributed by atoms with van der Waals surface area (Å²) in [4.78, 5) is 35.8. The first-order valence-electron chi connectivity index (χ1n) is 7.32. The molecule has 1 unspecified atom stereocenters. The molecule has 1 aromatic rings. The maximum absolute atomic E-state index is 12.0. The van der Waals surface area contributed by atoms with Crippen molar-refractivity contribution in [1.82, 2.24) is 4.90 Å². The number of carbonyl (C=O) groups is 2. The van der Waals surface area contributed by atoms with Gasteiger partial charge in [0.15, 0.2) is 5.78 Å². The third kappa shape index (κ3) is 4.38. The van der Waals surface area contributed by atoms with Crippen molar-refractivity contribution in [2.45, 2.75) is 40.2 Å². The molecule has 1 atom stereocenters. The fourth-order valence-corrected chi connectivity index (χ4v) is 2.27. The number of nitro benzene ring substituents is 1. The minimum Gasteiger partial charge on any atom is -0.329 e. The number of non-ortho nitro benzene ring substituents is 1. The third-order valence-corrected chi connectivity index (χ3v) is 3.60. The highest BCUT2D eigenvalue weighted by Crippen LogP contribution is 2.27. The Labute approximate surface area is 130 Å². The van der Waals surface area contributed by atoms with Gasteiger partial charge in [-0.2, -0.15) is 0 Å². The number of hydrogen-bond acceptors (Lipinski definition) is 4. The van der Waals surface area contributed by atoms with Gasteiger partial charge in [-0.05, 0) is 12.0 Å². The summed E-state index contributed by atoms with van der Waals surface area (Å²) in [5, 5.41) is 10.9. The van der Waals surface area contributed by atoms with E-state index in [4.69, 9.17) is 0 Å². The van der Waals surface area contributed by atoms with E-state index in [2.05, 4.69) is 0 Å². The van der Waals surface area contributed by atoms with Gasteiger partial charge in [0.05, 0.1) is 17.5 Å². The lowest BCUT2D eigenvalue weighted by Crippen LogP contribution is -2.38. The van der Waals surface area contributed by atoms with Crippen molar-refractivity contribution in [1.29, 1.82) is 0 Å². The van der Waals surface area contributed by atoms with Gasteiger partial charge >= 0.3 is 0 Å². The Bertz CT molecular complexity index is 569. The van der Waals surface area contributed by atoms with Crippen LogP contribution in [0.15, 0.2) is 24.3 Å². The predicted octanol–water partition coefficient (Wildman–Crippen LogP) is 3.12. The van der Waals surface area contributed by atoms with Gasteiger partial charge < -0.3 is 4.90 Å². The number of nitrogens with zero attached hydrogens (tertiary/aromatic N) is 2. The van der Waals surface area contributed by atoms with E-state index in [9.17, 15) is 19.7 Å². The molecule has 1 aromatic carbocycles. The van der Waals surface area contributed by atoms with Crippen LogP contribution in [-0.2, 0) is 9.59 Å². The molecule has 1 amide bonds. The molecule has 0 aliphatic heterocycles. The number of rotatable bonds is 7. The Hall–Kier alpha value is -2.24. The number of benzene rings is 1. The predicted molar refractivity (Wildman–Crippen MR) is 83.4 cm³/mol. The molecule has 6 heteroatoms. The summed E-state index contributed by atoms with van der Waals surface area (Å²) in [6.07, 6.45) is 0.576. The Morgan fingerprint density at radius 3 is 2.41 bits per heavy atom. The molecule has 0 aliphatic rings. The first-order valence-corrected chi connectivity index (χ1v) is 7.32. The molecule has 0 N–H and O–H groups in total. The summed E-state index contributed by atoms with van der Waals surface area (Å²) in [5.74, 6) is -0.407.